The molecule has 1 saturated heterocycles. The van der Waals surface area contributed by atoms with E-state index in [0.717, 1.165) is 50.0 Å². The molecule has 0 saturated carbocycles. The van der Waals surface area contributed by atoms with Crippen LogP contribution in [0.15, 0.2) is 30.6 Å². The van der Waals surface area contributed by atoms with E-state index in [9.17, 15) is 4.79 Å². The highest BCUT2D eigenvalue weighted by molar-refractivity contribution is 5.93. The normalized spacial score (nSPS) is 14.1. The molecule has 0 bridgehead atoms. The predicted octanol–water partition coefficient (Wildman–Crippen LogP) is 3.01. The average Bonchev–Trinajstić information content (AvgIpc) is 3.01. The quantitative estimate of drug-likeness (QED) is 0.790. The molecular formula is C19H29Cl2N5O. The highest BCUT2D eigenvalue weighted by Gasteiger charge is 2.28. The molecule has 2 aromatic heterocycles. The molecule has 1 amide bonds. The minimum Gasteiger partial charge on any atom is -0.330 e. The minimum atomic E-state index is 0. The number of carbonyl (C=O) groups excluding carboxylic acids is 1. The Morgan fingerprint density at radius 1 is 1.33 bits per heavy atom. The van der Waals surface area contributed by atoms with Gasteiger partial charge in [-0.15, -0.1) is 24.8 Å². The fourth-order valence-electron chi connectivity index (χ4n) is 3.43. The molecule has 2 aromatic rings. The highest BCUT2D eigenvalue weighted by Crippen LogP contribution is 2.19. The molecule has 27 heavy (non-hydrogen) atoms. The summed E-state index contributed by atoms with van der Waals surface area (Å²) in [5.74, 6) is 0.0631. The SMILES string of the molecule is CCCc1cc(C(=O)N(Cc2cccnc2)C2CCNCC2)n(C)n1.Cl.Cl. The molecule has 0 spiro atoms. The first kappa shape index (κ1) is 23.4. The number of aromatic nitrogens is 3. The van der Waals surface area contributed by atoms with E-state index in [1.165, 1.54) is 0 Å². The summed E-state index contributed by atoms with van der Waals surface area (Å²) in [4.78, 5) is 19.5. The maximum absolute atomic E-state index is 13.3. The fraction of sp³-hybridized carbons (Fsp3) is 0.526. The third kappa shape index (κ3) is 5.92. The summed E-state index contributed by atoms with van der Waals surface area (Å²) in [6, 6.07) is 6.14. The molecule has 3 rings (SSSR count). The van der Waals surface area contributed by atoms with E-state index in [1.807, 2.05) is 36.3 Å². The molecule has 3 heterocycles. The van der Waals surface area contributed by atoms with Crippen LogP contribution in [0.4, 0.5) is 0 Å². The lowest BCUT2D eigenvalue weighted by Crippen LogP contribution is -2.46. The van der Waals surface area contributed by atoms with Crippen LogP contribution in [0.2, 0.25) is 0 Å². The molecule has 6 nitrogen and oxygen atoms in total. The van der Waals surface area contributed by atoms with Crippen molar-refractivity contribution in [1.29, 1.82) is 0 Å². The number of hydrogen-bond acceptors (Lipinski definition) is 4. The number of piperidine rings is 1. The summed E-state index contributed by atoms with van der Waals surface area (Å²) in [7, 11) is 1.86. The van der Waals surface area contributed by atoms with E-state index < -0.39 is 0 Å². The van der Waals surface area contributed by atoms with E-state index in [1.54, 1.807) is 10.9 Å². The molecule has 1 fully saturated rings. The Morgan fingerprint density at radius 2 is 2.07 bits per heavy atom. The summed E-state index contributed by atoms with van der Waals surface area (Å²) in [5.41, 5.74) is 2.72. The van der Waals surface area contributed by atoms with Gasteiger partial charge in [0, 0.05) is 32.0 Å². The van der Waals surface area contributed by atoms with Crippen molar-refractivity contribution < 1.29 is 4.79 Å². The lowest BCUT2D eigenvalue weighted by Gasteiger charge is -2.34. The lowest BCUT2D eigenvalue weighted by molar-refractivity contribution is 0.0611. The van der Waals surface area contributed by atoms with Gasteiger partial charge >= 0.3 is 0 Å². The summed E-state index contributed by atoms with van der Waals surface area (Å²) < 4.78 is 1.73. The van der Waals surface area contributed by atoms with Crippen molar-refractivity contribution in [3.05, 3.63) is 47.5 Å². The van der Waals surface area contributed by atoms with Crippen molar-refractivity contribution in [2.75, 3.05) is 13.1 Å². The van der Waals surface area contributed by atoms with Gasteiger partial charge in [0.25, 0.3) is 5.91 Å². The minimum absolute atomic E-state index is 0. The zero-order chi connectivity index (χ0) is 17.6. The van der Waals surface area contributed by atoms with Crippen molar-refractivity contribution in [3.8, 4) is 0 Å². The Hall–Kier alpha value is -1.63. The monoisotopic (exact) mass is 413 g/mol. The Morgan fingerprint density at radius 3 is 2.70 bits per heavy atom. The Labute approximate surface area is 173 Å². The number of nitrogens with zero attached hydrogens (tertiary/aromatic N) is 4. The zero-order valence-corrected chi connectivity index (χ0v) is 17.6. The first-order valence-electron chi connectivity index (χ1n) is 9.12. The smallest absolute Gasteiger partial charge is 0.272 e. The second-order valence-electron chi connectivity index (χ2n) is 6.67. The maximum Gasteiger partial charge on any atom is 0.272 e. The third-order valence-electron chi connectivity index (χ3n) is 4.74. The zero-order valence-electron chi connectivity index (χ0n) is 15.9. The van der Waals surface area contributed by atoms with E-state index in [4.69, 9.17) is 0 Å². The predicted molar refractivity (Wildman–Crippen MR) is 112 cm³/mol. The van der Waals surface area contributed by atoms with Crippen LogP contribution in [0, 0.1) is 0 Å². The van der Waals surface area contributed by atoms with Gasteiger partial charge in [0.2, 0.25) is 0 Å². The number of carbonyl (C=O) groups is 1. The van der Waals surface area contributed by atoms with Gasteiger partial charge in [0.15, 0.2) is 0 Å². The van der Waals surface area contributed by atoms with Crippen LogP contribution in [0.5, 0.6) is 0 Å². The topological polar surface area (TPSA) is 63.1 Å². The molecule has 0 unspecified atom stereocenters. The largest absolute Gasteiger partial charge is 0.330 e. The number of pyridine rings is 1. The standard InChI is InChI=1S/C19H27N5O.2ClH/c1-3-5-16-12-18(23(2)22-16)19(25)24(17-7-10-20-11-8-17)14-15-6-4-9-21-13-15;;/h4,6,9,12-13,17,20H,3,5,7-8,10-11,14H2,1-2H3;2*1H. The van der Waals surface area contributed by atoms with Gasteiger partial charge in [-0.2, -0.15) is 5.10 Å². The highest BCUT2D eigenvalue weighted by atomic mass is 35.5. The van der Waals surface area contributed by atoms with Gasteiger partial charge < -0.3 is 10.2 Å². The number of nitrogens with one attached hydrogen (secondary N) is 1. The number of aryl methyl sites for hydroxylation is 2. The van der Waals surface area contributed by atoms with Gasteiger partial charge in [0.1, 0.15) is 5.69 Å². The summed E-state index contributed by atoms with van der Waals surface area (Å²) in [6.07, 6.45) is 7.48. The van der Waals surface area contributed by atoms with Gasteiger partial charge in [-0.3, -0.25) is 14.5 Å². The van der Waals surface area contributed by atoms with Gasteiger partial charge in [0.05, 0.1) is 5.69 Å². The molecule has 0 aliphatic carbocycles. The maximum atomic E-state index is 13.3. The molecule has 0 aromatic carbocycles. The molecule has 1 N–H and O–H groups in total. The van der Waals surface area contributed by atoms with Crippen molar-refractivity contribution >= 4 is 30.7 Å². The summed E-state index contributed by atoms with van der Waals surface area (Å²) in [6.45, 7) is 4.62. The molecule has 1 aliphatic heterocycles. The fourth-order valence-corrected chi connectivity index (χ4v) is 3.43. The average molecular weight is 414 g/mol. The van der Waals surface area contributed by atoms with Crippen LogP contribution in [0.3, 0.4) is 0 Å². The van der Waals surface area contributed by atoms with Crippen molar-refractivity contribution in [1.82, 2.24) is 25.0 Å². The lowest BCUT2D eigenvalue weighted by atomic mass is 10.0. The van der Waals surface area contributed by atoms with E-state index in [-0.39, 0.29) is 36.8 Å². The van der Waals surface area contributed by atoms with Crippen LogP contribution in [-0.2, 0) is 20.0 Å². The van der Waals surface area contributed by atoms with Crippen molar-refractivity contribution in [3.63, 3.8) is 0 Å². The molecular weight excluding hydrogens is 385 g/mol. The third-order valence-corrected chi connectivity index (χ3v) is 4.74. The van der Waals surface area contributed by atoms with Crippen molar-refractivity contribution in [2.24, 2.45) is 7.05 Å². The Bertz CT molecular complexity index is 701. The van der Waals surface area contributed by atoms with E-state index in [2.05, 4.69) is 22.3 Å². The van der Waals surface area contributed by atoms with Gasteiger partial charge in [-0.1, -0.05) is 19.4 Å². The second-order valence-corrected chi connectivity index (χ2v) is 6.67. The van der Waals surface area contributed by atoms with E-state index >= 15 is 0 Å². The van der Waals surface area contributed by atoms with Crippen LogP contribution in [0.25, 0.3) is 0 Å². The van der Waals surface area contributed by atoms with Crippen molar-refractivity contribution in [2.45, 2.75) is 45.2 Å². The summed E-state index contributed by atoms with van der Waals surface area (Å²) >= 11 is 0. The van der Waals surface area contributed by atoms with Gasteiger partial charge in [-0.05, 0) is 50.0 Å². The van der Waals surface area contributed by atoms with Crippen LogP contribution in [0.1, 0.15) is 47.9 Å². The molecule has 150 valence electrons. The van der Waals surface area contributed by atoms with Crippen LogP contribution in [-0.4, -0.2) is 44.7 Å². The summed E-state index contributed by atoms with van der Waals surface area (Å²) in [5, 5.41) is 7.88. The number of rotatable bonds is 6. The number of hydrogen-bond donors (Lipinski definition) is 1. The number of amides is 1. The van der Waals surface area contributed by atoms with Crippen LogP contribution < -0.4 is 5.32 Å². The molecule has 0 radical (unpaired) electrons. The molecule has 0 atom stereocenters. The molecule has 1 aliphatic rings. The Kier molecular flexibility index (Phi) is 9.77. The number of halogens is 2. The van der Waals surface area contributed by atoms with Gasteiger partial charge in [-0.25, -0.2) is 0 Å². The first-order valence-corrected chi connectivity index (χ1v) is 9.12. The molecule has 8 heteroatoms. The van der Waals surface area contributed by atoms with Crippen LogP contribution >= 0.6 is 24.8 Å². The Balaban J connectivity index is 0.00000182. The first-order chi connectivity index (χ1) is 12.2. The van der Waals surface area contributed by atoms with E-state index in [0.29, 0.717) is 12.2 Å². The second kappa shape index (κ2) is 11.3.